The monoisotopic (exact) mass is 308 g/mol. The minimum Gasteiger partial charge on any atom is -0.479 e. The van der Waals surface area contributed by atoms with Crippen LogP contribution >= 0.6 is 0 Å². The Morgan fingerprint density at radius 1 is 1.45 bits per heavy atom. The summed E-state index contributed by atoms with van der Waals surface area (Å²) in [6.07, 6.45) is 5.00. The first kappa shape index (κ1) is 16.3. The number of carboxylic acid groups (broad SMARTS) is 1. The van der Waals surface area contributed by atoms with Crippen molar-refractivity contribution < 1.29 is 14.7 Å². The molecule has 7 nitrogen and oxygen atoms in total. The fourth-order valence-corrected chi connectivity index (χ4v) is 2.67. The number of aliphatic carboxylic acids is 1. The van der Waals surface area contributed by atoms with Gasteiger partial charge in [-0.1, -0.05) is 6.92 Å². The summed E-state index contributed by atoms with van der Waals surface area (Å²) in [5, 5.41) is 16.8. The third-order valence-corrected chi connectivity index (χ3v) is 4.41. The molecule has 0 aromatic carbocycles. The van der Waals surface area contributed by atoms with Crippen molar-refractivity contribution in [1.82, 2.24) is 20.0 Å². The number of carboxylic acids is 1. The van der Waals surface area contributed by atoms with Gasteiger partial charge >= 0.3 is 12.0 Å². The van der Waals surface area contributed by atoms with Crippen molar-refractivity contribution in [3.8, 4) is 0 Å². The van der Waals surface area contributed by atoms with Crippen LogP contribution in [0, 0.1) is 6.92 Å². The van der Waals surface area contributed by atoms with E-state index in [0.29, 0.717) is 25.9 Å². The maximum Gasteiger partial charge on any atom is 0.331 e. The van der Waals surface area contributed by atoms with E-state index in [2.05, 4.69) is 10.4 Å². The molecule has 2 N–H and O–H groups in total. The highest BCUT2D eigenvalue weighted by atomic mass is 16.4. The summed E-state index contributed by atoms with van der Waals surface area (Å²) in [6, 6.07) is -0.00240. The number of aryl methyl sites for hydroxylation is 1. The van der Waals surface area contributed by atoms with Crippen molar-refractivity contribution in [2.24, 2.45) is 0 Å². The molecule has 1 atom stereocenters. The topological polar surface area (TPSA) is 87.5 Å². The summed E-state index contributed by atoms with van der Waals surface area (Å²) < 4.78 is 1.54. The molecule has 0 saturated carbocycles. The Labute approximate surface area is 130 Å². The quantitative estimate of drug-likeness (QED) is 0.884. The van der Waals surface area contributed by atoms with Gasteiger partial charge in [0.25, 0.3) is 0 Å². The number of rotatable bonds is 4. The summed E-state index contributed by atoms with van der Waals surface area (Å²) in [5.41, 5.74) is -0.126. The average molecular weight is 308 g/mol. The van der Waals surface area contributed by atoms with Crippen LogP contribution < -0.4 is 5.32 Å². The number of carbonyl (C=O) groups excluding carboxylic acids is 1. The van der Waals surface area contributed by atoms with Gasteiger partial charge in [0.2, 0.25) is 0 Å². The molecule has 2 heterocycles. The van der Waals surface area contributed by atoms with Crippen LogP contribution in [0.2, 0.25) is 0 Å². The van der Waals surface area contributed by atoms with E-state index >= 15 is 0 Å². The van der Waals surface area contributed by atoms with Gasteiger partial charge in [-0.05, 0) is 25.8 Å². The zero-order chi connectivity index (χ0) is 16.3. The Morgan fingerprint density at radius 2 is 2.09 bits per heavy atom. The highest BCUT2D eigenvalue weighted by Crippen LogP contribution is 2.30. The molecule has 1 unspecified atom stereocenters. The standard InChI is InChI=1S/C15H24N4O3/c1-4-12(3)17-14(22)18-7-5-15(6-8-18,13(20)21)19-10-11(2)9-16-19/h9-10,12H,4-8H2,1-3H3,(H,17,22)(H,20,21). The molecule has 22 heavy (non-hydrogen) atoms. The first-order valence-electron chi connectivity index (χ1n) is 7.69. The molecule has 7 heteroatoms. The van der Waals surface area contributed by atoms with E-state index in [1.165, 1.54) is 4.68 Å². The Hall–Kier alpha value is -2.05. The first-order chi connectivity index (χ1) is 10.4. The van der Waals surface area contributed by atoms with Crippen LogP contribution in [-0.2, 0) is 10.3 Å². The molecule has 1 saturated heterocycles. The molecule has 2 rings (SSSR count). The van der Waals surface area contributed by atoms with Gasteiger partial charge in [0, 0.05) is 38.2 Å². The summed E-state index contributed by atoms with van der Waals surface area (Å²) in [7, 11) is 0. The number of amides is 2. The molecule has 1 aliphatic heterocycles. The average Bonchev–Trinajstić information content (AvgIpc) is 2.93. The van der Waals surface area contributed by atoms with Crippen molar-refractivity contribution in [3.05, 3.63) is 18.0 Å². The van der Waals surface area contributed by atoms with E-state index in [9.17, 15) is 14.7 Å². The van der Waals surface area contributed by atoms with Crippen molar-refractivity contribution in [2.45, 2.75) is 51.6 Å². The van der Waals surface area contributed by atoms with Crippen LogP contribution in [0.4, 0.5) is 4.79 Å². The number of piperidine rings is 1. The predicted octanol–water partition coefficient (Wildman–Crippen LogP) is 1.58. The second-order valence-electron chi connectivity index (χ2n) is 6.04. The zero-order valence-corrected chi connectivity index (χ0v) is 13.4. The second kappa shape index (κ2) is 6.37. The Morgan fingerprint density at radius 3 is 2.55 bits per heavy atom. The Kier molecular flexibility index (Phi) is 4.73. The largest absolute Gasteiger partial charge is 0.479 e. The molecule has 0 radical (unpaired) electrons. The third-order valence-electron chi connectivity index (χ3n) is 4.41. The lowest BCUT2D eigenvalue weighted by Crippen LogP contribution is -2.55. The highest BCUT2D eigenvalue weighted by Gasteiger charge is 2.45. The van der Waals surface area contributed by atoms with Crippen molar-refractivity contribution in [3.63, 3.8) is 0 Å². The van der Waals surface area contributed by atoms with Crippen molar-refractivity contribution >= 4 is 12.0 Å². The predicted molar refractivity (Wildman–Crippen MR) is 81.7 cm³/mol. The summed E-state index contributed by atoms with van der Waals surface area (Å²) in [5.74, 6) is -0.891. The van der Waals surface area contributed by atoms with E-state index in [1.54, 1.807) is 17.3 Å². The van der Waals surface area contributed by atoms with Crippen molar-refractivity contribution in [1.29, 1.82) is 0 Å². The number of hydrogen-bond acceptors (Lipinski definition) is 3. The highest BCUT2D eigenvalue weighted by molar-refractivity contribution is 5.78. The smallest absolute Gasteiger partial charge is 0.331 e. The van der Waals surface area contributed by atoms with Crippen LogP contribution in [0.5, 0.6) is 0 Å². The lowest BCUT2D eigenvalue weighted by molar-refractivity contribution is -0.150. The molecular formula is C15H24N4O3. The third kappa shape index (κ3) is 3.08. The van der Waals surface area contributed by atoms with Crippen LogP contribution in [0.3, 0.4) is 0 Å². The zero-order valence-electron chi connectivity index (χ0n) is 13.4. The van der Waals surface area contributed by atoms with E-state index in [1.807, 2.05) is 20.8 Å². The molecular weight excluding hydrogens is 284 g/mol. The number of urea groups is 1. The molecule has 122 valence electrons. The number of nitrogens with zero attached hydrogens (tertiary/aromatic N) is 3. The van der Waals surface area contributed by atoms with E-state index < -0.39 is 11.5 Å². The Bertz CT molecular complexity index is 547. The molecule has 1 aromatic rings. The van der Waals surface area contributed by atoms with Gasteiger partial charge in [-0.3, -0.25) is 4.68 Å². The summed E-state index contributed by atoms with van der Waals surface area (Å²) in [4.78, 5) is 25.6. The van der Waals surface area contributed by atoms with E-state index in [4.69, 9.17) is 0 Å². The van der Waals surface area contributed by atoms with Crippen molar-refractivity contribution in [2.75, 3.05) is 13.1 Å². The van der Waals surface area contributed by atoms with Gasteiger partial charge in [0.1, 0.15) is 0 Å². The number of carbonyl (C=O) groups is 2. The second-order valence-corrected chi connectivity index (χ2v) is 6.04. The van der Waals surface area contributed by atoms with Gasteiger partial charge in [-0.2, -0.15) is 5.10 Å². The normalized spacial score (nSPS) is 18.8. The van der Waals surface area contributed by atoms with E-state index in [-0.39, 0.29) is 12.1 Å². The van der Waals surface area contributed by atoms with Gasteiger partial charge in [0.15, 0.2) is 5.54 Å². The number of hydrogen-bond donors (Lipinski definition) is 2. The first-order valence-corrected chi connectivity index (χ1v) is 7.69. The number of nitrogens with one attached hydrogen (secondary N) is 1. The van der Waals surface area contributed by atoms with Gasteiger partial charge in [-0.25, -0.2) is 9.59 Å². The Balaban J connectivity index is 2.08. The fraction of sp³-hybridized carbons (Fsp3) is 0.667. The minimum atomic E-state index is -1.05. The molecule has 0 spiro atoms. The fourth-order valence-electron chi connectivity index (χ4n) is 2.67. The van der Waals surface area contributed by atoms with Gasteiger partial charge in [0.05, 0.1) is 6.20 Å². The SMILES string of the molecule is CCC(C)NC(=O)N1CCC(C(=O)O)(n2cc(C)cn2)CC1. The van der Waals surface area contributed by atoms with Crippen LogP contribution in [0.25, 0.3) is 0 Å². The summed E-state index contributed by atoms with van der Waals surface area (Å²) >= 11 is 0. The minimum absolute atomic E-state index is 0.118. The molecule has 1 fully saturated rings. The van der Waals surface area contributed by atoms with Crippen LogP contribution in [-0.4, -0.2) is 50.9 Å². The molecule has 0 aliphatic carbocycles. The molecule has 0 bridgehead atoms. The van der Waals surface area contributed by atoms with E-state index in [0.717, 1.165) is 12.0 Å². The van der Waals surface area contributed by atoms with Gasteiger partial charge < -0.3 is 15.3 Å². The maximum absolute atomic E-state index is 12.1. The lowest BCUT2D eigenvalue weighted by atomic mass is 9.87. The summed E-state index contributed by atoms with van der Waals surface area (Å²) in [6.45, 7) is 6.67. The van der Waals surface area contributed by atoms with Crippen LogP contribution in [0.15, 0.2) is 12.4 Å². The van der Waals surface area contributed by atoms with Gasteiger partial charge in [-0.15, -0.1) is 0 Å². The van der Waals surface area contributed by atoms with Crippen LogP contribution in [0.1, 0.15) is 38.7 Å². The molecule has 1 aromatic heterocycles. The number of aromatic nitrogens is 2. The lowest BCUT2D eigenvalue weighted by Gasteiger charge is -2.39. The number of likely N-dealkylation sites (tertiary alicyclic amines) is 1. The molecule has 1 aliphatic rings. The maximum atomic E-state index is 12.1. The molecule has 2 amide bonds.